The van der Waals surface area contributed by atoms with Gasteiger partial charge in [-0.3, -0.25) is 14.9 Å². The molecule has 1 aliphatic rings. The fourth-order valence-corrected chi connectivity index (χ4v) is 2.73. The molecular weight excluding hydrogens is 282 g/mol. The van der Waals surface area contributed by atoms with Gasteiger partial charge in [-0.05, 0) is 45.0 Å². The van der Waals surface area contributed by atoms with Crippen molar-refractivity contribution in [3.63, 3.8) is 0 Å². The molecule has 22 heavy (non-hydrogen) atoms. The molecule has 6 heteroatoms. The Morgan fingerprint density at radius 1 is 1.23 bits per heavy atom. The molecule has 120 valence electrons. The van der Waals surface area contributed by atoms with Crippen LogP contribution in [-0.4, -0.2) is 41.9 Å². The number of hydrogen-bond donors (Lipinski definition) is 1. The molecule has 0 radical (unpaired) electrons. The van der Waals surface area contributed by atoms with Crippen LogP contribution in [0.2, 0.25) is 0 Å². The summed E-state index contributed by atoms with van der Waals surface area (Å²) in [6.07, 6.45) is 6.07. The second-order valence-electron chi connectivity index (χ2n) is 5.67. The molecule has 1 saturated heterocycles. The van der Waals surface area contributed by atoms with Gasteiger partial charge < -0.3 is 10.2 Å². The van der Waals surface area contributed by atoms with Crippen molar-refractivity contribution in [3.8, 4) is 0 Å². The Kier molecular flexibility index (Phi) is 6.33. The number of benzene rings is 1. The highest BCUT2D eigenvalue weighted by atomic mass is 16.6. The van der Waals surface area contributed by atoms with E-state index in [-0.39, 0.29) is 11.6 Å². The van der Waals surface area contributed by atoms with Crippen LogP contribution < -0.4 is 5.32 Å². The number of carbonyl (C=O) groups is 1. The van der Waals surface area contributed by atoms with Crippen molar-refractivity contribution in [2.24, 2.45) is 0 Å². The molecule has 0 unspecified atom stereocenters. The maximum absolute atomic E-state index is 12.0. The van der Waals surface area contributed by atoms with Crippen molar-refractivity contribution in [2.75, 3.05) is 26.2 Å². The zero-order chi connectivity index (χ0) is 15.8. The number of nitrogens with one attached hydrogen (secondary N) is 1. The van der Waals surface area contributed by atoms with Gasteiger partial charge in [0, 0.05) is 24.2 Å². The first-order chi connectivity index (χ1) is 10.7. The lowest BCUT2D eigenvalue weighted by Crippen LogP contribution is -2.30. The number of nitro benzene ring substituents is 1. The van der Waals surface area contributed by atoms with Gasteiger partial charge in [0.1, 0.15) is 0 Å². The number of hydrogen-bond acceptors (Lipinski definition) is 4. The molecule has 1 aliphatic heterocycles. The normalized spacial score (nSPS) is 16.0. The van der Waals surface area contributed by atoms with Gasteiger partial charge >= 0.3 is 0 Å². The second-order valence-corrected chi connectivity index (χ2v) is 5.67. The predicted octanol–water partition coefficient (Wildman–Crippen LogP) is 2.59. The van der Waals surface area contributed by atoms with Gasteiger partial charge in [-0.15, -0.1) is 0 Å². The number of non-ortho nitro benzene ring substituents is 1. The lowest BCUT2D eigenvalue weighted by Gasteiger charge is -2.19. The molecule has 0 bridgehead atoms. The average molecular weight is 305 g/mol. The first-order valence-corrected chi connectivity index (χ1v) is 7.92. The van der Waals surface area contributed by atoms with Crippen LogP contribution in [0.1, 0.15) is 42.5 Å². The van der Waals surface area contributed by atoms with Gasteiger partial charge in [0.05, 0.1) is 4.92 Å². The van der Waals surface area contributed by atoms with Crippen LogP contribution in [0.5, 0.6) is 0 Å². The monoisotopic (exact) mass is 305 g/mol. The number of rotatable bonds is 6. The Labute approximate surface area is 130 Å². The van der Waals surface area contributed by atoms with E-state index in [9.17, 15) is 14.9 Å². The molecule has 0 spiro atoms. The summed E-state index contributed by atoms with van der Waals surface area (Å²) < 4.78 is 0. The first-order valence-electron chi connectivity index (χ1n) is 7.92. The number of carbonyl (C=O) groups excluding carboxylic acids is 1. The standard InChI is InChI=1S/C16H23N3O3/c20-16(14-7-5-8-15(13-14)19(21)22)17-9-6-12-18-10-3-1-2-4-11-18/h5,7-8,13H,1-4,6,9-12H2,(H,17,20). The van der Waals surface area contributed by atoms with Crippen LogP contribution >= 0.6 is 0 Å². The van der Waals surface area contributed by atoms with Gasteiger partial charge in [-0.1, -0.05) is 18.9 Å². The summed E-state index contributed by atoms with van der Waals surface area (Å²) in [5, 5.41) is 13.5. The molecule has 1 fully saturated rings. The van der Waals surface area contributed by atoms with Gasteiger partial charge in [0.15, 0.2) is 0 Å². The van der Waals surface area contributed by atoms with E-state index in [0.29, 0.717) is 12.1 Å². The fraction of sp³-hybridized carbons (Fsp3) is 0.562. The first kappa shape index (κ1) is 16.4. The highest BCUT2D eigenvalue weighted by Crippen LogP contribution is 2.13. The molecule has 0 aliphatic carbocycles. The molecule has 0 aromatic heterocycles. The summed E-state index contributed by atoms with van der Waals surface area (Å²) in [7, 11) is 0. The molecule has 0 saturated carbocycles. The third kappa shape index (κ3) is 5.11. The van der Waals surface area contributed by atoms with Crippen molar-refractivity contribution in [2.45, 2.75) is 32.1 Å². The molecule has 1 aromatic carbocycles. The minimum atomic E-state index is -0.490. The van der Waals surface area contributed by atoms with Gasteiger partial charge in [0.25, 0.3) is 11.6 Å². The Balaban J connectivity index is 1.73. The van der Waals surface area contributed by atoms with E-state index in [1.165, 1.54) is 43.9 Å². The highest BCUT2D eigenvalue weighted by Gasteiger charge is 2.12. The number of likely N-dealkylation sites (tertiary alicyclic amines) is 1. The molecule has 2 rings (SSSR count). The lowest BCUT2D eigenvalue weighted by atomic mass is 10.2. The van der Waals surface area contributed by atoms with Crippen molar-refractivity contribution in [1.82, 2.24) is 10.2 Å². The van der Waals surface area contributed by atoms with E-state index in [2.05, 4.69) is 10.2 Å². The molecular formula is C16H23N3O3. The third-order valence-corrected chi connectivity index (χ3v) is 3.95. The maximum atomic E-state index is 12.0. The second kappa shape index (κ2) is 8.48. The van der Waals surface area contributed by atoms with Gasteiger partial charge in [0.2, 0.25) is 0 Å². The summed E-state index contributed by atoms with van der Waals surface area (Å²) in [6, 6.07) is 5.82. The molecule has 6 nitrogen and oxygen atoms in total. The van der Waals surface area contributed by atoms with E-state index in [0.717, 1.165) is 26.1 Å². The molecule has 1 N–H and O–H groups in total. The smallest absolute Gasteiger partial charge is 0.270 e. The average Bonchev–Trinajstić information content (AvgIpc) is 2.80. The van der Waals surface area contributed by atoms with E-state index >= 15 is 0 Å². The van der Waals surface area contributed by atoms with E-state index in [1.807, 2.05) is 0 Å². The summed E-state index contributed by atoms with van der Waals surface area (Å²) in [5.74, 6) is -0.250. The third-order valence-electron chi connectivity index (χ3n) is 3.95. The molecule has 1 aromatic rings. The summed E-state index contributed by atoms with van der Waals surface area (Å²) in [5.41, 5.74) is 0.279. The van der Waals surface area contributed by atoms with Crippen molar-refractivity contribution < 1.29 is 9.72 Å². The predicted molar refractivity (Wildman–Crippen MR) is 85.0 cm³/mol. The minimum absolute atomic E-state index is 0.0581. The lowest BCUT2D eigenvalue weighted by molar-refractivity contribution is -0.384. The van der Waals surface area contributed by atoms with Crippen LogP contribution in [0.3, 0.4) is 0 Å². The number of nitrogens with zero attached hydrogens (tertiary/aromatic N) is 2. The number of nitro groups is 1. The minimum Gasteiger partial charge on any atom is -0.352 e. The summed E-state index contributed by atoms with van der Waals surface area (Å²) in [6.45, 7) is 3.89. The Morgan fingerprint density at radius 3 is 2.64 bits per heavy atom. The Bertz CT molecular complexity index is 511. The van der Waals surface area contributed by atoms with Crippen molar-refractivity contribution >= 4 is 11.6 Å². The molecule has 1 heterocycles. The van der Waals surface area contributed by atoms with Gasteiger partial charge in [-0.25, -0.2) is 0 Å². The van der Waals surface area contributed by atoms with Crippen LogP contribution in [-0.2, 0) is 0 Å². The van der Waals surface area contributed by atoms with E-state index in [4.69, 9.17) is 0 Å². The van der Waals surface area contributed by atoms with E-state index < -0.39 is 4.92 Å². The Hall–Kier alpha value is -1.95. The fourth-order valence-electron chi connectivity index (χ4n) is 2.73. The maximum Gasteiger partial charge on any atom is 0.270 e. The highest BCUT2D eigenvalue weighted by molar-refractivity contribution is 5.94. The van der Waals surface area contributed by atoms with Crippen LogP contribution in [0.15, 0.2) is 24.3 Å². The van der Waals surface area contributed by atoms with Crippen LogP contribution in [0.25, 0.3) is 0 Å². The summed E-state index contributed by atoms with van der Waals surface area (Å²) in [4.78, 5) is 24.6. The van der Waals surface area contributed by atoms with Crippen molar-refractivity contribution in [1.29, 1.82) is 0 Å². The Morgan fingerprint density at radius 2 is 1.95 bits per heavy atom. The molecule has 0 atom stereocenters. The number of amides is 1. The van der Waals surface area contributed by atoms with Crippen LogP contribution in [0, 0.1) is 10.1 Å². The quantitative estimate of drug-likeness (QED) is 0.498. The van der Waals surface area contributed by atoms with Crippen molar-refractivity contribution in [3.05, 3.63) is 39.9 Å². The SMILES string of the molecule is O=C(NCCCN1CCCCCC1)c1cccc([N+](=O)[O-])c1. The van der Waals surface area contributed by atoms with E-state index in [1.54, 1.807) is 6.07 Å². The molecule has 1 amide bonds. The largest absolute Gasteiger partial charge is 0.352 e. The zero-order valence-corrected chi connectivity index (χ0v) is 12.8. The topological polar surface area (TPSA) is 75.5 Å². The van der Waals surface area contributed by atoms with Gasteiger partial charge in [-0.2, -0.15) is 0 Å². The van der Waals surface area contributed by atoms with Crippen LogP contribution in [0.4, 0.5) is 5.69 Å². The summed E-state index contributed by atoms with van der Waals surface area (Å²) >= 11 is 0. The zero-order valence-electron chi connectivity index (χ0n) is 12.8.